The van der Waals surface area contributed by atoms with Gasteiger partial charge in [0.25, 0.3) is 5.91 Å². The van der Waals surface area contributed by atoms with E-state index in [1.165, 1.54) is 22.3 Å². The van der Waals surface area contributed by atoms with Crippen LogP contribution in [0.3, 0.4) is 0 Å². The average molecular weight is 458 g/mol. The number of benzene rings is 2. The number of amides is 1. The topological polar surface area (TPSA) is 73.8 Å². The molecule has 0 fully saturated rings. The summed E-state index contributed by atoms with van der Waals surface area (Å²) in [4.78, 5) is 16.9. The summed E-state index contributed by atoms with van der Waals surface area (Å²) in [5.41, 5.74) is 3.43. The van der Waals surface area contributed by atoms with Crippen LogP contribution in [-0.2, 0) is 17.1 Å². The van der Waals surface area contributed by atoms with E-state index in [0.717, 1.165) is 21.4 Å². The molecule has 0 radical (unpaired) electrons. The maximum absolute atomic E-state index is 12.7. The minimum absolute atomic E-state index is 0.0512. The van der Waals surface area contributed by atoms with Crippen molar-refractivity contribution in [2.45, 2.75) is 12.3 Å². The fourth-order valence-corrected chi connectivity index (χ4v) is 5.27. The molecule has 1 N–H and O–H groups in total. The van der Waals surface area contributed by atoms with Crippen molar-refractivity contribution in [3.63, 3.8) is 0 Å². The van der Waals surface area contributed by atoms with Crippen LogP contribution in [0.1, 0.15) is 16.8 Å². The van der Waals surface area contributed by atoms with Crippen molar-refractivity contribution in [1.29, 1.82) is 5.41 Å². The van der Waals surface area contributed by atoms with Crippen molar-refractivity contribution in [1.82, 2.24) is 9.58 Å². The summed E-state index contributed by atoms with van der Waals surface area (Å²) in [5.74, 6) is 0.408. The third-order valence-corrected chi connectivity index (χ3v) is 7.11. The second kappa shape index (κ2) is 9.02. The Labute approximate surface area is 194 Å². The third kappa shape index (κ3) is 4.32. The van der Waals surface area contributed by atoms with Gasteiger partial charge in [0, 0.05) is 24.2 Å². The van der Waals surface area contributed by atoms with Gasteiger partial charge in [0.05, 0.1) is 5.57 Å². The Morgan fingerprint density at radius 2 is 1.69 bits per heavy atom. The first kappa shape index (κ1) is 20.5. The molecule has 0 saturated carbocycles. The van der Waals surface area contributed by atoms with Crippen molar-refractivity contribution in [2.75, 3.05) is 0 Å². The predicted octanol–water partition coefficient (Wildman–Crippen LogP) is 5.05. The van der Waals surface area contributed by atoms with Gasteiger partial charge in [-0.15, -0.1) is 5.10 Å². The lowest BCUT2D eigenvalue weighted by atomic mass is 10.1. The zero-order chi connectivity index (χ0) is 21.9. The number of fused-ring (bicyclic) bond motifs is 1. The molecule has 3 aromatic rings. The van der Waals surface area contributed by atoms with Gasteiger partial charge in [-0.05, 0) is 41.1 Å². The molecule has 8 heteroatoms. The van der Waals surface area contributed by atoms with E-state index in [0.29, 0.717) is 11.7 Å². The highest BCUT2D eigenvalue weighted by Gasteiger charge is 2.35. The highest BCUT2D eigenvalue weighted by molar-refractivity contribution is 8.45. The molecular weight excluding hydrogens is 438 g/mol. The number of nitrogens with zero attached hydrogens (tertiary/aromatic N) is 4. The molecule has 5 rings (SSSR count). The van der Waals surface area contributed by atoms with Crippen molar-refractivity contribution >= 4 is 50.9 Å². The second-order valence-electron chi connectivity index (χ2n) is 7.21. The van der Waals surface area contributed by atoms with Gasteiger partial charge in [0.2, 0.25) is 5.17 Å². The lowest BCUT2D eigenvalue weighted by molar-refractivity contribution is -0.114. The fourth-order valence-electron chi connectivity index (χ4n) is 3.38. The Morgan fingerprint density at radius 1 is 0.969 bits per heavy atom. The van der Waals surface area contributed by atoms with Crippen molar-refractivity contribution < 1.29 is 4.79 Å². The first-order chi connectivity index (χ1) is 15.7. The number of hydrogen-bond acceptors (Lipinski definition) is 5. The number of rotatable bonds is 5. The van der Waals surface area contributed by atoms with Crippen molar-refractivity contribution in [2.24, 2.45) is 10.1 Å². The van der Waals surface area contributed by atoms with E-state index in [-0.39, 0.29) is 11.4 Å². The predicted molar refractivity (Wildman–Crippen MR) is 133 cm³/mol. The van der Waals surface area contributed by atoms with Crippen LogP contribution in [0.25, 0.3) is 6.08 Å². The summed E-state index contributed by atoms with van der Waals surface area (Å²) in [6.45, 7) is 0.682. The van der Waals surface area contributed by atoms with Crippen LogP contribution in [0.4, 0.5) is 0 Å². The van der Waals surface area contributed by atoms with Crippen LogP contribution in [0.5, 0.6) is 0 Å². The van der Waals surface area contributed by atoms with Crippen LogP contribution in [0, 0.1) is 5.41 Å². The minimum Gasteiger partial charge on any atom is -0.344 e. The number of hydrazone groups is 1. The normalized spacial score (nSPS) is 16.9. The lowest BCUT2D eigenvalue weighted by Crippen LogP contribution is -2.35. The van der Waals surface area contributed by atoms with Crippen LogP contribution in [0.15, 0.2) is 94.7 Å². The van der Waals surface area contributed by atoms with Crippen LogP contribution in [0.2, 0.25) is 0 Å². The SMILES string of the molecule is N=C1/C(=C\c2cccn2Cc2ccccc2)C(=O)N=C2SC(SCc3ccccc3)=NN12. The van der Waals surface area contributed by atoms with Gasteiger partial charge in [0.15, 0.2) is 10.2 Å². The molecule has 0 aliphatic carbocycles. The Hall–Kier alpha value is -3.36. The summed E-state index contributed by atoms with van der Waals surface area (Å²) < 4.78 is 2.82. The molecule has 2 aromatic carbocycles. The maximum atomic E-state index is 12.7. The van der Waals surface area contributed by atoms with E-state index < -0.39 is 5.91 Å². The van der Waals surface area contributed by atoms with Gasteiger partial charge in [-0.25, -0.2) is 0 Å². The number of nitrogens with one attached hydrogen (secondary N) is 1. The number of hydrogen-bond donors (Lipinski definition) is 1. The highest BCUT2D eigenvalue weighted by Crippen LogP contribution is 2.33. The first-order valence-electron chi connectivity index (χ1n) is 10.0. The Balaban J connectivity index is 1.35. The third-order valence-electron chi connectivity index (χ3n) is 4.99. The number of amidine groups is 2. The molecule has 2 aliphatic rings. The molecule has 1 amide bonds. The largest absolute Gasteiger partial charge is 0.344 e. The van der Waals surface area contributed by atoms with E-state index in [9.17, 15) is 4.79 Å². The zero-order valence-corrected chi connectivity index (χ0v) is 18.6. The maximum Gasteiger partial charge on any atom is 0.283 e. The molecule has 32 heavy (non-hydrogen) atoms. The summed E-state index contributed by atoms with van der Waals surface area (Å²) >= 11 is 2.91. The van der Waals surface area contributed by atoms with Gasteiger partial charge in [-0.1, -0.05) is 72.4 Å². The van der Waals surface area contributed by atoms with Crippen molar-refractivity contribution in [3.8, 4) is 0 Å². The number of aromatic nitrogens is 1. The number of aliphatic imine (C=N–C) groups is 1. The van der Waals surface area contributed by atoms with Gasteiger partial charge < -0.3 is 4.57 Å². The quantitative estimate of drug-likeness (QED) is 0.545. The van der Waals surface area contributed by atoms with Gasteiger partial charge >= 0.3 is 0 Å². The summed E-state index contributed by atoms with van der Waals surface area (Å²) in [6, 6.07) is 24.1. The molecule has 158 valence electrons. The smallest absolute Gasteiger partial charge is 0.283 e. The van der Waals surface area contributed by atoms with Gasteiger partial charge in [0.1, 0.15) is 0 Å². The molecule has 0 atom stereocenters. The molecule has 3 heterocycles. The Morgan fingerprint density at radius 3 is 2.44 bits per heavy atom. The standard InChI is InChI=1S/C24H19N5OS2/c25-21-20(14-19-12-7-13-28(19)15-17-8-3-1-4-9-17)22(30)26-23-29(21)27-24(32-23)31-16-18-10-5-2-6-11-18/h1-14,25H,15-16H2/b20-14+,25-21?. The van der Waals surface area contributed by atoms with Crippen molar-refractivity contribution in [3.05, 3.63) is 101 Å². The summed E-state index contributed by atoms with van der Waals surface area (Å²) in [7, 11) is 0. The molecule has 2 aliphatic heterocycles. The molecule has 0 bridgehead atoms. The van der Waals surface area contributed by atoms with Crippen LogP contribution < -0.4 is 0 Å². The van der Waals surface area contributed by atoms with Crippen LogP contribution in [-0.4, -0.2) is 30.9 Å². The Bertz CT molecular complexity index is 1260. The minimum atomic E-state index is -0.411. The van der Waals surface area contributed by atoms with Gasteiger partial charge in [-0.3, -0.25) is 10.2 Å². The number of carbonyl (C=O) groups is 1. The van der Waals surface area contributed by atoms with E-state index >= 15 is 0 Å². The lowest BCUT2D eigenvalue weighted by Gasteiger charge is -2.20. The molecule has 0 unspecified atom stereocenters. The molecule has 6 nitrogen and oxygen atoms in total. The van der Waals surface area contributed by atoms with Gasteiger partial charge in [-0.2, -0.15) is 10.0 Å². The summed E-state index contributed by atoms with van der Waals surface area (Å²) in [5, 5.41) is 15.0. The van der Waals surface area contributed by atoms with E-state index in [2.05, 4.69) is 34.4 Å². The highest BCUT2D eigenvalue weighted by atomic mass is 32.2. The molecule has 1 aromatic heterocycles. The van der Waals surface area contributed by atoms with E-state index in [1.54, 1.807) is 17.8 Å². The number of thioether (sulfide) groups is 2. The first-order valence-corrected chi connectivity index (χ1v) is 11.8. The van der Waals surface area contributed by atoms with E-state index in [4.69, 9.17) is 5.41 Å². The Kier molecular flexibility index (Phi) is 5.79. The second-order valence-corrected chi connectivity index (χ2v) is 9.39. The van der Waals surface area contributed by atoms with E-state index in [1.807, 2.05) is 59.3 Å². The molecule has 0 spiro atoms. The average Bonchev–Trinajstić information content (AvgIpc) is 3.43. The van der Waals surface area contributed by atoms with Crippen LogP contribution >= 0.6 is 23.5 Å². The summed E-state index contributed by atoms with van der Waals surface area (Å²) in [6.07, 6.45) is 3.69. The molecule has 0 saturated heterocycles. The number of carbonyl (C=O) groups excluding carboxylic acids is 1. The fraction of sp³-hybridized carbons (Fsp3) is 0.0833. The molecular formula is C24H19N5OS2. The zero-order valence-electron chi connectivity index (χ0n) is 17.0. The monoisotopic (exact) mass is 457 g/mol.